The molecular weight excluding hydrogens is 804 g/mol. The zero-order valence-corrected chi connectivity index (χ0v) is 41.5. The summed E-state index contributed by atoms with van der Waals surface area (Å²) in [6.07, 6.45) is 47.9. The molecule has 0 fully saturated rings. The van der Waals surface area contributed by atoms with Gasteiger partial charge in [0.25, 0.3) is 0 Å². The number of carbonyl (C=O) groups excluding carboxylic acids is 2. The van der Waals surface area contributed by atoms with Crippen molar-refractivity contribution in [1.29, 1.82) is 0 Å². The highest BCUT2D eigenvalue weighted by molar-refractivity contribution is 7.47. The molecule has 0 bridgehead atoms. The van der Waals surface area contributed by atoms with Crippen LogP contribution in [-0.4, -0.2) is 65.7 Å². The van der Waals surface area contributed by atoms with Crippen LogP contribution >= 0.6 is 7.82 Å². The number of phosphoric acid groups is 1. The van der Waals surface area contributed by atoms with Crippen LogP contribution in [0.5, 0.6) is 0 Å². The Labute approximate surface area is 382 Å². The summed E-state index contributed by atoms with van der Waals surface area (Å²) >= 11 is 0. The fourth-order valence-electron chi connectivity index (χ4n) is 7.94. The van der Waals surface area contributed by atoms with Crippen molar-refractivity contribution in [2.24, 2.45) is 0 Å². The van der Waals surface area contributed by atoms with Crippen molar-refractivity contribution in [2.75, 3.05) is 26.4 Å². The zero-order chi connectivity index (χ0) is 45.5. The molecule has 0 spiro atoms. The molecular formula is C51H101O10P. The highest BCUT2D eigenvalue weighted by Crippen LogP contribution is 2.43. The van der Waals surface area contributed by atoms with Crippen LogP contribution in [0.3, 0.4) is 0 Å². The van der Waals surface area contributed by atoms with E-state index >= 15 is 0 Å². The highest BCUT2D eigenvalue weighted by atomic mass is 31.2. The van der Waals surface area contributed by atoms with E-state index in [1.165, 1.54) is 205 Å². The van der Waals surface area contributed by atoms with Gasteiger partial charge in [0.2, 0.25) is 0 Å². The normalized spacial score (nSPS) is 13.6. The number of rotatable bonds is 51. The van der Waals surface area contributed by atoms with Gasteiger partial charge in [0.15, 0.2) is 6.10 Å². The molecule has 0 aromatic rings. The van der Waals surface area contributed by atoms with Crippen LogP contribution in [-0.2, 0) is 32.7 Å². The van der Waals surface area contributed by atoms with Gasteiger partial charge in [0.05, 0.1) is 19.8 Å². The lowest BCUT2D eigenvalue weighted by molar-refractivity contribution is -0.161. The Bertz CT molecular complexity index is 998. The second-order valence-electron chi connectivity index (χ2n) is 18.3. The average Bonchev–Trinajstić information content (AvgIpc) is 3.26. The van der Waals surface area contributed by atoms with Gasteiger partial charge in [-0.15, -0.1) is 0 Å². The molecule has 370 valence electrons. The average molecular weight is 905 g/mol. The number of hydrogen-bond donors (Lipinski definition) is 3. The van der Waals surface area contributed by atoms with E-state index in [-0.39, 0.29) is 19.4 Å². The van der Waals surface area contributed by atoms with Crippen molar-refractivity contribution in [3.63, 3.8) is 0 Å². The summed E-state index contributed by atoms with van der Waals surface area (Å²) in [6.45, 7) is 2.45. The molecule has 0 saturated carbocycles. The Balaban J connectivity index is 4.07. The topological polar surface area (TPSA) is 149 Å². The van der Waals surface area contributed by atoms with Gasteiger partial charge in [-0.05, 0) is 12.8 Å². The lowest BCUT2D eigenvalue weighted by Crippen LogP contribution is -2.29. The number of esters is 2. The van der Waals surface area contributed by atoms with E-state index in [9.17, 15) is 24.2 Å². The van der Waals surface area contributed by atoms with E-state index in [0.29, 0.717) is 12.8 Å². The van der Waals surface area contributed by atoms with Crippen molar-refractivity contribution in [2.45, 2.75) is 289 Å². The summed E-state index contributed by atoms with van der Waals surface area (Å²) < 4.78 is 32.9. The highest BCUT2D eigenvalue weighted by Gasteiger charge is 2.27. The first-order chi connectivity index (χ1) is 30.2. The van der Waals surface area contributed by atoms with Crippen LogP contribution in [0.4, 0.5) is 0 Å². The number of aliphatic hydroxyl groups is 2. The second kappa shape index (κ2) is 47.9. The largest absolute Gasteiger partial charge is 0.472 e. The third-order valence-corrected chi connectivity index (χ3v) is 13.0. The lowest BCUT2D eigenvalue weighted by atomic mass is 10.0. The van der Waals surface area contributed by atoms with Gasteiger partial charge in [0.1, 0.15) is 12.7 Å². The SMILES string of the molecule is CCCCCCCCCCCCCCCCCCCCCCCCCCC(=O)OC(COC(=O)CCCCCCCCCCCCCCCCC)COP(=O)(O)OCC(O)CO. The molecule has 3 unspecified atom stereocenters. The molecule has 0 aliphatic rings. The molecule has 0 rings (SSSR count). The Kier molecular flexibility index (Phi) is 47.1. The summed E-state index contributed by atoms with van der Waals surface area (Å²) in [6, 6.07) is 0. The fraction of sp³-hybridized carbons (Fsp3) is 0.961. The molecule has 0 aromatic heterocycles. The van der Waals surface area contributed by atoms with Gasteiger partial charge in [-0.3, -0.25) is 18.6 Å². The minimum absolute atomic E-state index is 0.193. The fourth-order valence-corrected chi connectivity index (χ4v) is 8.73. The summed E-state index contributed by atoms with van der Waals surface area (Å²) in [5.41, 5.74) is 0. The number of phosphoric ester groups is 1. The maximum absolute atomic E-state index is 12.7. The van der Waals surface area contributed by atoms with Crippen LogP contribution in [0.15, 0.2) is 0 Å². The maximum Gasteiger partial charge on any atom is 0.472 e. The number of carbonyl (C=O) groups is 2. The van der Waals surface area contributed by atoms with Crippen molar-refractivity contribution in [3.05, 3.63) is 0 Å². The van der Waals surface area contributed by atoms with Gasteiger partial charge in [-0.2, -0.15) is 0 Å². The Morgan fingerprint density at radius 1 is 0.419 bits per heavy atom. The maximum atomic E-state index is 12.7. The smallest absolute Gasteiger partial charge is 0.462 e. The van der Waals surface area contributed by atoms with Crippen molar-refractivity contribution >= 4 is 19.8 Å². The van der Waals surface area contributed by atoms with Crippen LogP contribution < -0.4 is 0 Å². The number of aliphatic hydroxyl groups excluding tert-OH is 2. The molecule has 11 heteroatoms. The van der Waals surface area contributed by atoms with E-state index < -0.39 is 51.8 Å². The molecule has 0 aromatic carbocycles. The third-order valence-electron chi connectivity index (χ3n) is 12.0. The lowest BCUT2D eigenvalue weighted by Gasteiger charge is -2.20. The van der Waals surface area contributed by atoms with Gasteiger partial charge < -0.3 is 24.6 Å². The molecule has 0 heterocycles. The number of ether oxygens (including phenoxy) is 2. The monoisotopic (exact) mass is 905 g/mol. The summed E-state index contributed by atoms with van der Waals surface area (Å²) in [7, 11) is -4.61. The van der Waals surface area contributed by atoms with E-state index in [1.54, 1.807) is 0 Å². The van der Waals surface area contributed by atoms with E-state index in [2.05, 4.69) is 13.8 Å². The summed E-state index contributed by atoms with van der Waals surface area (Å²) in [5, 5.41) is 18.4. The summed E-state index contributed by atoms with van der Waals surface area (Å²) in [4.78, 5) is 35.2. The van der Waals surface area contributed by atoms with Crippen LogP contribution in [0.1, 0.15) is 277 Å². The van der Waals surface area contributed by atoms with Crippen molar-refractivity contribution < 1.29 is 47.8 Å². The predicted octanol–water partition coefficient (Wildman–Crippen LogP) is 15.0. The predicted molar refractivity (Wildman–Crippen MR) is 256 cm³/mol. The number of hydrogen-bond acceptors (Lipinski definition) is 9. The van der Waals surface area contributed by atoms with Gasteiger partial charge >= 0.3 is 19.8 Å². The molecule has 10 nitrogen and oxygen atoms in total. The molecule has 62 heavy (non-hydrogen) atoms. The molecule has 0 amide bonds. The van der Waals surface area contributed by atoms with Gasteiger partial charge in [-0.25, -0.2) is 4.57 Å². The van der Waals surface area contributed by atoms with E-state index in [4.69, 9.17) is 23.6 Å². The minimum Gasteiger partial charge on any atom is -0.462 e. The second-order valence-corrected chi connectivity index (χ2v) is 19.7. The number of unbranched alkanes of at least 4 members (excludes halogenated alkanes) is 37. The van der Waals surface area contributed by atoms with Crippen LogP contribution in [0.2, 0.25) is 0 Å². The third kappa shape index (κ3) is 46.9. The molecule has 0 aliphatic carbocycles. The molecule has 0 aliphatic heterocycles. The molecule has 3 atom stereocenters. The Morgan fingerprint density at radius 3 is 1.00 bits per heavy atom. The van der Waals surface area contributed by atoms with Crippen molar-refractivity contribution in [3.8, 4) is 0 Å². The molecule has 0 saturated heterocycles. The quantitative estimate of drug-likeness (QED) is 0.0306. The Hall–Kier alpha value is -1.03. The molecule has 0 radical (unpaired) electrons. The minimum atomic E-state index is -4.61. The first kappa shape index (κ1) is 61.0. The van der Waals surface area contributed by atoms with Gasteiger partial charge in [-0.1, -0.05) is 251 Å². The van der Waals surface area contributed by atoms with Crippen molar-refractivity contribution in [1.82, 2.24) is 0 Å². The Morgan fingerprint density at radius 2 is 0.694 bits per heavy atom. The first-order valence-electron chi connectivity index (χ1n) is 26.5. The van der Waals surface area contributed by atoms with Gasteiger partial charge in [0, 0.05) is 12.8 Å². The zero-order valence-electron chi connectivity index (χ0n) is 40.6. The summed E-state index contributed by atoms with van der Waals surface area (Å²) in [5.74, 6) is -0.902. The van der Waals surface area contributed by atoms with E-state index in [0.717, 1.165) is 32.1 Å². The van der Waals surface area contributed by atoms with Crippen LogP contribution in [0, 0.1) is 0 Å². The molecule has 3 N–H and O–H groups in total. The van der Waals surface area contributed by atoms with Crippen LogP contribution in [0.25, 0.3) is 0 Å². The van der Waals surface area contributed by atoms with E-state index in [1.807, 2.05) is 0 Å². The first-order valence-corrected chi connectivity index (χ1v) is 28.0. The standard InChI is InChI=1S/C51H101O10P/c1-3-5-7-9-11-13-15-17-19-20-21-22-23-24-25-26-27-29-31-33-35-37-39-41-43-51(55)61-49(47-60-62(56,57)59-45-48(53)44-52)46-58-50(54)42-40-38-36-34-32-30-28-18-16-14-12-10-8-6-4-2/h48-49,52-53H,3-47H2,1-2H3,(H,56,57).